The summed E-state index contributed by atoms with van der Waals surface area (Å²) >= 11 is 0. The van der Waals surface area contributed by atoms with Gasteiger partial charge in [-0.15, -0.1) is 0 Å². The van der Waals surface area contributed by atoms with Gasteiger partial charge in [-0.2, -0.15) is 0 Å². The molecule has 0 radical (unpaired) electrons. The summed E-state index contributed by atoms with van der Waals surface area (Å²) in [7, 11) is 2.35. The van der Waals surface area contributed by atoms with Gasteiger partial charge in [-0.25, -0.2) is 0 Å². The van der Waals surface area contributed by atoms with E-state index in [1.165, 1.54) is 42.7 Å². The number of carbonyl (C=O) groups is 6. The molecular formula is C82H80N4O16Si2. The van der Waals surface area contributed by atoms with Gasteiger partial charge >= 0.3 is 17.6 Å². The van der Waals surface area contributed by atoms with Crippen LogP contribution in [-0.2, 0) is 36.1 Å². The molecule has 6 amide bonds. The maximum Gasteiger partial charge on any atom is 0.501 e. The summed E-state index contributed by atoms with van der Waals surface area (Å²) in [5.74, 6) is -2.75. The Labute approximate surface area is 605 Å². The molecule has 0 bridgehead atoms. The third-order valence-electron chi connectivity index (χ3n) is 19.8. The van der Waals surface area contributed by atoms with Crippen molar-refractivity contribution >= 4 is 96.1 Å². The van der Waals surface area contributed by atoms with E-state index < -0.39 is 65.1 Å². The molecule has 11 aromatic rings. The van der Waals surface area contributed by atoms with E-state index >= 15 is 28.8 Å². The SMILES string of the molecule is CCN(CC[Si](OC)(OC)OC)C(=O)C(c1ccccc1)N1C(=O)c2cc(Oc3ccc(C)cc3)c3c4c(Oc5ccc(C)cc5)cc5c6c(cc(Oc7ccc(C)cc7)c(c7c(Oc8ccc(C)cc8)cc(c2c37)C1=O)c64)C(=O)N(C(C(=O)N(CC)CC[Si](OC)(OC)OC)c1ccccc1)C5=O. The first kappa shape index (κ1) is 71.7. The normalized spacial score (nSPS) is 13.7. The van der Waals surface area contributed by atoms with E-state index in [0.717, 1.165) is 32.1 Å². The Morgan fingerprint density at radius 1 is 0.346 bits per heavy atom. The molecule has 2 unspecified atom stereocenters. The smallest absolute Gasteiger partial charge is 0.457 e. The minimum Gasteiger partial charge on any atom is -0.457 e. The van der Waals surface area contributed by atoms with Crippen molar-refractivity contribution in [2.45, 2.75) is 65.7 Å². The Balaban J connectivity index is 1.16. The molecule has 20 nitrogen and oxygen atoms in total. The van der Waals surface area contributed by atoms with Crippen molar-refractivity contribution < 1.29 is 74.3 Å². The average Bonchev–Trinajstić information content (AvgIpc) is 0.670. The Morgan fingerprint density at radius 2 is 0.587 bits per heavy atom. The molecule has 0 aromatic heterocycles. The summed E-state index contributed by atoms with van der Waals surface area (Å²) in [4.78, 5) is 103. The van der Waals surface area contributed by atoms with E-state index in [0.29, 0.717) is 34.1 Å². The summed E-state index contributed by atoms with van der Waals surface area (Å²) in [5.41, 5.74) is 4.35. The molecule has 22 heteroatoms. The fourth-order valence-corrected chi connectivity index (χ4v) is 17.5. The van der Waals surface area contributed by atoms with Gasteiger partial charge in [-0.1, -0.05) is 131 Å². The molecule has 0 saturated carbocycles. The lowest BCUT2D eigenvalue weighted by Gasteiger charge is -2.38. The standard InChI is InChI=1S/C82H80N4O16Si2/c1-13-83(41-43-103(93-7,94-8)95-9)81(91)75(53-21-17-15-18-22-53)85-77(87)59-45-63(99-55-33-25-49(3)26-34-55)69-71-65(101-57-37-29-51(5)30-38-57)47-61-68-62(80(90)86(79(61)89)76(54-23-19-16-20-24-54)82(92)84(14-2)42-44-104(96-10,97-11)98-12)48-66(102-58-39-31-52(6)32-40-58)72(74(68)71)70-64(100-56-35-27-50(4)28-36-56)46-60(78(85)88)67(59)73(69)70/h15-40,45-48,75-76H,13-14,41-44H2,1-12H3. The number of ether oxygens (including phenoxy) is 4. The van der Waals surface area contributed by atoms with Gasteiger partial charge in [-0.3, -0.25) is 38.6 Å². The van der Waals surface area contributed by atoms with Crippen molar-refractivity contribution in [2.24, 2.45) is 0 Å². The number of imide groups is 2. The van der Waals surface area contributed by atoms with Crippen molar-refractivity contribution in [2.75, 3.05) is 68.8 Å². The fourth-order valence-electron chi connectivity index (χ4n) is 14.2. The van der Waals surface area contributed by atoms with E-state index in [2.05, 4.69) is 0 Å². The third kappa shape index (κ3) is 13.0. The van der Waals surface area contributed by atoms with Crippen LogP contribution in [0.5, 0.6) is 46.0 Å². The van der Waals surface area contributed by atoms with Crippen molar-refractivity contribution in [3.8, 4) is 46.0 Å². The van der Waals surface area contributed by atoms with Crippen molar-refractivity contribution in [3.63, 3.8) is 0 Å². The van der Waals surface area contributed by atoms with Crippen LogP contribution < -0.4 is 18.9 Å². The molecule has 0 spiro atoms. The number of amides is 6. The van der Waals surface area contributed by atoms with Crippen molar-refractivity contribution in [1.29, 1.82) is 0 Å². The van der Waals surface area contributed by atoms with Crippen molar-refractivity contribution in [3.05, 3.63) is 238 Å². The number of rotatable bonds is 28. The van der Waals surface area contributed by atoms with Crippen LogP contribution in [0.4, 0.5) is 0 Å². The van der Waals surface area contributed by atoms with Gasteiger partial charge in [0.15, 0.2) is 0 Å². The summed E-state index contributed by atoms with van der Waals surface area (Å²) in [6, 6.07) is 50.4. The molecule has 104 heavy (non-hydrogen) atoms. The Kier molecular flexibility index (Phi) is 20.4. The molecule has 2 atom stereocenters. The summed E-state index contributed by atoms with van der Waals surface area (Å²) in [6.07, 6.45) is 0. The molecule has 0 saturated heterocycles. The molecule has 0 N–H and O–H groups in total. The number of hydrogen-bond donors (Lipinski definition) is 0. The zero-order valence-electron chi connectivity index (χ0n) is 60.0. The van der Waals surface area contributed by atoms with Gasteiger partial charge in [0.05, 0.1) is 22.3 Å². The van der Waals surface area contributed by atoms with Gasteiger partial charge in [0, 0.05) is 124 Å². The minimum absolute atomic E-state index is 0.0144. The zero-order valence-corrected chi connectivity index (χ0v) is 62.0. The van der Waals surface area contributed by atoms with Gasteiger partial charge in [0.2, 0.25) is 0 Å². The summed E-state index contributed by atoms with van der Waals surface area (Å²) in [5, 5.41) is 1.99. The molecule has 2 aliphatic rings. The molecular weight excluding hydrogens is 1350 g/mol. The van der Waals surface area contributed by atoms with E-state index in [-0.39, 0.29) is 127 Å². The van der Waals surface area contributed by atoms with Crippen molar-refractivity contribution in [1.82, 2.24) is 19.6 Å². The fraction of sp³-hybridized carbons (Fsp3) is 0.244. The van der Waals surface area contributed by atoms with Crippen LogP contribution in [0.1, 0.15) is 101 Å². The first-order valence-corrected chi connectivity index (χ1v) is 38.2. The van der Waals surface area contributed by atoms with Crippen LogP contribution in [0.25, 0.3) is 43.1 Å². The van der Waals surface area contributed by atoms with Crippen LogP contribution in [0, 0.1) is 27.7 Å². The van der Waals surface area contributed by atoms with E-state index in [1.54, 1.807) is 143 Å². The Hall–Kier alpha value is -10.7. The number of benzene rings is 11. The average molecular weight is 1430 g/mol. The second-order valence-electron chi connectivity index (χ2n) is 25.9. The number of fused-ring (bicyclic) bond motifs is 2. The van der Waals surface area contributed by atoms with Crippen LogP contribution >= 0.6 is 0 Å². The lowest BCUT2D eigenvalue weighted by molar-refractivity contribution is -0.136. The number of likely N-dealkylation sites (N-methyl/N-ethyl adjacent to an activating group) is 2. The molecule has 0 aliphatic carbocycles. The first-order valence-electron chi connectivity index (χ1n) is 34.3. The van der Waals surface area contributed by atoms with Gasteiger partial charge in [0.25, 0.3) is 35.4 Å². The second kappa shape index (κ2) is 29.6. The van der Waals surface area contributed by atoms with Crippen LogP contribution in [0.3, 0.4) is 0 Å². The lowest BCUT2D eigenvalue weighted by Crippen LogP contribution is -2.51. The first-order chi connectivity index (χ1) is 50.3. The Bertz CT molecular complexity index is 4560. The topological polar surface area (TPSA) is 208 Å². The molecule has 11 aromatic carbocycles. The maximum absolute atomic E-state index is 16.6. The quantitative estimate of drug-likeness (QED) is 0.0193. The van der Waals surface area contributed by atoms with Gasteiger partial charge in [-0.05, 0) is 125 Å². The largest absolute Gasteiger partial charge is 0.501 e. The predicted octanol–water partition coefficient (Wildman–Crippen LogP) is 16.3. The number of aryl methyl sites for hydroxylation is 4. The van der Waals surface area contributed by atoms with E-state index in [4.69, 9.17) is 45.5 Å². The lowest BCUT2D eigenvalue weighted by atomic mass is 9.80. The number of nitrogens with zero attached hydrogens (tertiary/aromatic N) is 4. The summed E-state index contributed by atoms with van der Waals surface area (Å²) in [6.45, 7) is 11.9. The van der Waals surface area contributed by atoms with E-state index in [9.17, 15) is 0 Å². The van der Waals surface area contributed by atoms with Crippen LogP contribution in [0.15, 0.2) is 182 Å². The maximum atomic E-state index is 16.6. The highest BCUT2D eigenvalue weighted by molar-refractivity contribution is 6.61. The van der Waals surface area contributed by atoms with Crippen LogP contribution in [-0.4, -0.2) is 141 Å². The highest BCUT2D eigenvalue weighted by atomic mass is 28.4. The number of carbonyl (C=O) groups excluding carboxylic acids is 6. The highest BCUT2D eigenvalue weighted by Crippen LogP contribution is 2.59. The minimum atomic E-state index is -3.29. The number of hydrogen-bond acceptors (Lipinski definition) is 16. The summed E-state index contributed by atoms with van der Waals surface area (Å²) < 4.78 is 63.8. The molecule has 2 aliphatic heterocycles. The molecule has 2 heterocycles. The third-order valence-corrected chi connectivity index (χ3v) is 25.2. The second-order valence-corrected chi connectivity index (χ2v) is 32.0. The Morgan fingerprint density at radius 3 is 0.808 bits per heavy atom. The molecule has 13 rings (SSSR count). The van der Waals surface area contributed by atoms with Crippen LogP contribution in [0.2, 0.25) is 12.1 Å². The molecule has 0 fully saturated rings. The monoisotopic (exact) mass is 1430 g/mol. The van der Waals surface area contributed by atoms with Gasteiger partial charge in [0.1, 0.15) is 58.1 Å². The highest BCUT2D eigenvalue weighted by Gasteiger charge is 2.49. The molecule has 532 valence electrons. The zero-order chi connectivity index (χ0) is 73.5. The van der Waals surface area contributed by atoms with Gasteiger partial charge < -0.3 is 55.3 Å². The van der Waals surface area contributed by atoms with E-state index in [1.807, 2.05) is 90.1 Å². The predicted molar refractivity (Wildman–Crippen MR) is 400 cm³/mol.